The third-order valence-corrected chi connectivity index (χ3v) is 6.57. The third-order valence-electron chi connectivity index (χ3n) is 5.97. The van der Waals surface area contributed by atoms with Crippen LogP contribution in [0.15, 0.2) is 66.9 Å². The van der Waals surface area contributed by atoms with E-state index in [4.69, 9.17) is 32.7 Å². The molecule has 202 valence electrons. The molecule has 0 aliphatic rings. The number of benzene rings is 3. The number of carbonyl (C=O) groups is 2. The van der Waals surface area contributed by atoms with Crippen molar-refractivity contribution in [2.24, 2.45) is 0 Å². The van der Waals surface area contributed by atoms with Gasteiger partial charge in [0.2, 0.25) is 0 Å². The summed E-state index contributed by atoms with van der Waals surface area (Å²) in [7, 11) is 0. The summed E-state index contributed by atoms with van der Waals surface area (Å²) in [6, 6.07) is 18.4. The van der Waals surface area contributed by atoms with E-state index in [1.165, 1.54) is 0 Å². The van der Waals surface area contributed by atoms with E-state index in [1.807, 2.05) is 48.6 Å². The highest BCUT2D eigenvalue weighted by Crippen LogP contribution is 2.32. The van der Waals surface area contributed by atoms with Gasteiger partial charge in [0.1, 0.15) is 12.3 Å². The Kier molecular flexibility index (Phi) is 9.52. The van der Waals surface area contributed by atoms with Crippen molar-refractivity contribution in [2.75, 3.05) is 13.2 Å². The second-order valence-corrected chi connectivity index (χ2v) is 9.66. The Hall–Kier alpha value is -3.94. The molecule has 3 aromatic carbocycles. The van der Waals surface area contributed by atoms with E-state index in [9.17, 15) is 19.8 Å². The first-order valence-electron chi connectivity index (χ1n) is 12.3. The van der Waals surface area contributed by atoms with Gasteiger partial charge in [-0.25, -0.2) is 0 Å². The smallest absolute Gasteiger partial charge is 0.323 e. The van der Waals surface area contributed by atoms with Crippen LogP contribution in [0.5, 0.6) is 11.5 Å². The maximum absolute atomic E-state index is 11.4. The van der Waals surface area contributed by atoms with E-state index in [0.29, 0.717) is 40.1 Å². The monoisotopic (exact) mass is 567 g/mol. The molecule has 0 spiro atoms. The van der Waals surface area contributed by atoms with Gasteiger partial charge in [-0.15, -0.1) is 0 Å². The molecule has 0 unspecified atom stereocenters. The van der Waals surface area contributed by atoms with Crippen LogP contribution in [0.4, 0.5) is 0 Å². The molecule has 2 N–H and O–H groups in total. The number of ether oxygens (including phenoxy) is 2. The second-order valence-electron chi connectivity index (χ2n) is 8.85. The molecule has 9 heteroatoms. The zero-order chi connectivity index (χ0) is 27.8. The fraction of sp³-hybridized carbons (Fsp3) is 0.200. The van der Waals surface area contributed by atoms with E-state index >= 15 is 0 Å². The van der Waals surface area contributed by atoms with Gasteiger partial charge in [0, 0.05) is 17.1 Å². The lowest BCUT2D eigenvalue weighted by Crippen LogP contribution is -2.07. The molecule has 0 fully saturated rings. The summed E-state index contributed by atoms with van der Waals surface area (Å²) < 4.78 is 13.1. The number of unbranched alkanes of at least 4 members (excludes halogenated alkanes) is 1. The molecule has 4 rings (SSSR count). The molecule has 0 atom stereocenters. The van der Waals surface area contributed by atoms with Gasteiger partial charge in [0.05, 0.1) is 29.7 Å². The van der Waals surface area contributed by atoms with Crippen molar-refractivity contribution < 1.29 is 29.3 Å². The zero-order valence-electron chi connectivity index (χ0n) is 21.0. The van der Waals surface area contributed by atoms with Gasteiger partial charge in [0.15, 0.2) is 5.75 Å². The lowest BCUT2D eigenvalue weighted by molar-refractivity contribution is -0.138. The van der Waals surface area contributed by atoms with Crippen molar-refractivity contribution in [3.63, 3.8) is 0 Å². The zero-order valence-corrected chi connectivity index (χ0v) is 22.5. The van der Waals surface area contributed by atoms with Gasteiger partial charge < -0.3 is 24.3 Å². The highest BCUT2D eigenvalue weighted by molar-refractivity contribution is 6.37. The summed E-state index contributed by atoms with van der Waals surface area (Å²) >= 11 is 12.2. The van der Waals surface area contributed by atoms with Gasteiger partial charge in [-0.2, -0.15) is 0 Å². The van der Waals surface area contributed by atoms with Gasteiger partial charge in [0.25, 0.3) is 0 Å². The largest absolute Gasteiger partial charge is 0.494 e. The van der Waals surface area contributed by atoms with Crippen molar-refractivity contribution in [2.45, 2.75) is 25.8 Å². The average molecular weight is 568 g/mol. The second kappa shape index (κ2) is 13.2. The van der Waals surface area contributed by atoms with Gasteiger partial charge in [-0.3, -0.25) is 9.59 Å². The number of para-hydroxylation sites is 1. The van der Waals surface area contributed by atoms with Crippen molar-refractivity contribution >= 4 is 58.2 Å². The quantitative estimate of drug-likeness (QED) is 0.132. The van der Waals surface area contributed by atoms with E-state index in [1.54, 1.807) is 35.0 Å². The van der Waals surface area contributed by atoms with Crippen molar-refractivity contribution in [1.29, 1.82) is 0 Å². The Morgan fingerprint density at radius 2 is 1.49 bits per heavy atom. The number of aromatic nitrogens is 1. The maximum Gasteiger partial charge on any atom is 0.323 e. The Balaban J connectivity index is 1.34. The molecule has 7 nitrogen and oxygen atoms in total. The molecule has 0 aliphatic heterocycles. The Morgan fingerprint density at radius 1 is 0.821 bits per heavy atom. The highest BCUT2D eigenvalue weighted by Gasteiger charge is 2.15. The summed E-state index contributed by atoms with van der Waals surface area (Å²) in [5.74, 6) is -0.722. The number of carboxylic acids is 2. The summed E-state index contributed by atoms with van der Waals surface area (Å²) in [5, 5.41) is 20.3. The standard InChI is InChI=1S/C30H27Cl2NO6/c31-24-6-4-7-25(32)30(24)39-16-2-1-15-38-23-13-10-20(11-14-23)9-12-21-5-3-8-26-29(21)22(17-27(34)35)18-33(26)19-28(36)37/h3-14,18H,1-2,15-17,19H2,(H,34,35)(H,36,37). The summed E-state index contributed by atoms with van der Waals surface area (Å²) in [6.07, 6.45) is 6.82. The van der Waals surface area contributed by atoms with Crippen LogP contribution in [0.25, 0.3) is 23.1 Å². The number of halogens is 2. The van der Waals surface area contributed by atoms with E-state index < -0.39 is 11.9 Å². The topological polar surface area (TPSA) is 98.0 Å². The molecular weight excluding hydrogens is 541 g/mol. The van der Waals surface area contributed by atoms with Crippen LogP contribution >= 0.6 is 23.2 Å². The van der Waals surface area contributed by atoms with Crippen LogP contribution in [0.2, 0.25) is 10.0 Å². The van der Waals surface area contributed by atoms with Gasteiger partial charge in [-0.1, -0.05) is 65.7 Å². The van der Waals surface area contributed by atoms with Crippen LogP contribution in [-0.2, 0) is 22.6 Å². The number of hydrogen-bond donors (Lipinski definition) is 2. The molecular formula is C30H27Cl2NO6. The molecule has 0 aliphatic carbocycles. The van der Waals surface area contributed by atoms with E-state index in [-0.39, 0.29) is 13.0 Å². The lowest BCUT2D eigenvalue weighted by atomic mass is 10.0. The molecule has 0 radical (unpaired) electrons. The predicted molar refractivity (Wildman–Crippen MR) is 153 cm³/mol. The molecule has 0 amide bonds. The highest BCUT2D eigenvalue weighted by atomic mass is 35.5. The normalized spacial score (nSPS) is 11.2. The summed E-state index contributed by atoms with van der Waals surface area (Å²) in [6.45, 7) is 0.779. The van der Waals surface area contributed by atoms with Gasteiger partial charge in [-0.05, 0) is 59.9 Å². The molecule has 1 aromatic heterocycles. The molecule has 0 saturated carbocycles. The van der Waals surface area contributed by atoms with E-state index in [2.05, 4.69) is 0 Å². The first-order chi connectivity index (χ1) is 18.8. The lowest BCUT2D eigenvalue weighted by Gasteiger charge is -2.10. The van der Waals surface area contributed by atoms with Crippen molar-refractivity contribution in [3.8, 4) is 11.5 Å². The molecule has 0 bridgehead atoms. The minimum absolute atomic E-state index is 0.195. The molecule has 4 aromatic rings. The number of aliphatic carboxylic acids is 2. The van der Waals surface area contributed by atoms with Crippen molar-refractivity contribution in [3.05, 3.63) is 93.6 Å². The SMILES string of the molecule is O=C(O)Cc1cn(CC(=O)O)c2cccc(C=Cc3ccc(OCCCCOc4c(Cl)cccc4Cl)cc3)c12. The maximum atomic E-state index is 11.4. The van der Waals surface area contributed by atoms with Crippen LogP contribution in [0.3, 0.4) is 0 Å². The third kappa shape index (κ3) is 7.56. The first kappa shape index (κ1) is 28.1. The Bertz CT molecular complexity index is 1470. The predicted octanol–water partition coefficient (Wildman–Crippen LogP) is 7.07. The summed E-state index contributed by atoms with van der Waals surface area (Å²) in [5.41, 5.74) is 3.01. The molecule has 0 saturated heterocycles. The number of carboxylic acid groups (broad SMARTS) is 2. The number of rotatable bonds is 13. The Morgan fingerprint density at radius 3 is 2.15 bits per heavy atom. The number of nitrogens with zero attached hydrogens (tertiary/aromatic N) is 1. The molecule has 39 heavy (non-hydrogen) atoms. The van der Waals surface area contributed by atoms with Crippen LogP contribution in [-0.4, -0.2) is 39.9 Å². The van der Waals surface area contributed by atoms with E-state index in [0.717, 1.165) is 35.1 Å². The molecule has 1 heterocycles. The van der Waals surface area contributed by atoms with Crippen LogP contribution in [0, 0.1) is 0 Å². The number of fused-ring (bicyclic) bond motifs is 1. The fourth-order valence-electron chi connectivity index (χ4n) is 4.23. The minimum atomic E-state index is -0.993. The van der Waals surface area contributed by atoms with Crippen LogP contribution < -0.4 is 9.47 Å². The minimum Gasteiger partial charge on any atom is -0.494 e. The van der Waals surface area contributed by atoms with Crippen LogP contribution in [0.1, 0.15) is 29.5 Å². The average Bonchev–Trinajstić information content (AvgIpc) is 3.23. The number of hydrogen-bond acceptors (Lipinski definition) is 4. The Labute approximate surface area is 235 Å². The van der Waals surface area contributed by atoms with Crippen molar-refractivity contribution in [1.82, 2.24) is 4.57 Å². The summed E-state index contributed by atoms with van der Waals surface area (Å²) in [4.78, 5) is 22.7. The fourth-order valence-corrected chi connectivity index (χ4v) is 4.74. The van der Waals surface area contributed by atoms with Gasteiger partial charge >= 0.3 is 11.9 Å². The first-order valence-corrected chi connectivity index (χ1v) is 13.1.